The molecule has 2 saturated carbocycles. The van der Waals surface area contributed by atoms with Crippen LogP contribution >= 0.6 is 0 Å². The third-order valence-corrected chi connectivity index (χ3v) is 13.0. The molecule has 6 nitrogen and oxygen atoms in total. The number of esters is 1. The Kier molecular flexibility index (Phi) is 7.27. The fourth-order valence-electron chi connectivity index (χ4n) is 6.28. The molecule has 0 spiro atoms. The van der Waals surface area contributed by atoms with Crippen molar-refractivity contribution in [3.8, 4) is 0 Å². The molecule has 0 radical (unpaired) electrons. The van der Waals surface area contributed by atoms with Crippen molar-refractivity contribution in [2.45, 2.75) is 83.3 Å². The molecule has 0 bridgehead atoms. The Balaban J connectivity index is 1.77. The molecule has 0 aliphatic heterocycles. The molecule has 2 aliphatic rings. The summed E-state index contributed by atoms with van der Waals surface area (Å²) in [6, 6.07) is 20.8. The Bertz CT molecular complexity index is 1050. The van der Waals surface area contributed by atoms with Gasteiger partial charge < -0.3 is 24.1 Å². The molecule has 7 heteroatoms. The number of carbonyl (C=O) groups is 1. The van der Waals surface area contributed by atoms with Crippen LogP contribution in [-0.4, -0.2) is 61.1 Å². The number of benzene rings is 2. The number of aliphatic hydroxyl groups is 2. The standard InChI is InChI=1S/C30H42O6Si/c1-21(31)34-20-30(33)25(32)24-18-29(24,26(30)36-27(2,3)4)19-35-37(28(5,6)7,22-14-10-8-11-15-22)23-16-12-9-13-17-23/h8-17,24-26,32-33H,18-20H2,1-7H3/t24-,25-,26+,29-,30-/m0/s1. The SMILES string of the molecule is CC(=O)OC[C@]1(O)[C@@H](O)[C@@H]2C[C@@]2(CO[Si](c2ccccc2)(c2ccccc2)C(C)(C)C)[C@H]1OC(C)(C)C. The van der Waals surface area contributed by atoms with Crippen LogP contribution in [0.5, 0.6) is 0 Å². The molecule has 2 fully saturated rings. The summed E-state index contributed by atoms with van der Waals surface area (Å²) in [6.45, 7) is 13.8. The largest absolute Gasteiger partial charge is 0.463 e. The van der Waals surface area contributed by atoms with Crippen molar-refractivity contribution in [1.29, 1.82) is 0 Å². The van der Waals surface area contributed by atoms with Crippen molar-refractivity contribution in [3.05, 3.63) is 60.7 Å². The smallest absolute Gasteiger partial charge is 0.302 e. The molecule has 0 saturated heterocycles. The number of rotatable bonds is 8. The van der Waals surface area contributed by atoms with Crippen LogP contribution in [0.3, 0.4) is 0 Å². The minimum atomic E-state index is -2.83. The number of carbonyl (C=O) groups excluding carboxylic acids is 1. The van der Waals surface area contributed by atoms with Crippen molar-refractivity contribution in [3.63, 3.8) is 0 Å². The first-order valence-electron chi connectivity index (χ1n) is 13.1. The zero-order valence-corrected chi connectivity index (χ0v) is 24.2. The molecular formula is C30H42O6Si. The lowest BCUT2D eigenvalue weighted by molar-refractivity contribution is -0.216. The van der Waals surface area contributed by atoms with E-state index in [2.05, 4.69) is 69.3 Å². The van der Waals surface area contributed by atoms with Gasteiger partial charge in [-0.3, -0.25) is 4.79 Å². The van der Waals surface area contributed by atoms with Gasteiger partial charge in [0.1, 0.15) is 12.7 Å². The van der Waals surface area contributed by atoms with Gasteiger partial charge in [0.05, 0.1) is 11.7 Å². The summed E-state index contributed by atoms with van der Waals surface area (Å²) in [6.07, 6.45) is -1.16. The number of fused-ring (bicyclic) bond motifs is 1. The van der Waals surface area contributed by atoms with Crippen LogP contribution in [0.15, 0.2) is 60.7 Å². The first kappa shape index (κ1) is 28.0. The Labute approximate surface area is 222 Å². The quantitative estimate of drug-likeness (QED) is 0.405. The summed E-state index contributed by atoms with van der Waals surface area (Å²) in [7, 11) is -2.83. The van der Waals surface area contributed by atoms with E-state index in [1.807, 2.05) is 32.9 Å². The van der Waals surface area contributed by atoms with Gasteiger partial charge in [-0.2, -0.15) is 0 Å². The van der Waals surface area contributed by atoms with Gasteiger partial charge in [-0.25, -0.2) is 0 Å². The average Bonchev–Trinajstić information content (AvgIpc) is 3.52. The lowest BCUT2D eigenvalue weighted by Gasteiger charge is -2.45. The van der Waals surface area contributed by atoms with Gasteiger partial charge in [-0.15, -0.1) is 0 Å². The fraction of sp³-hybridized carbons (Fsp3) is 0.567. The molecule has 0 heterocycles. The highest BCUT2D eigenvalue weighted by molar-refractivity contribution is 6.99. The van der Waals surface area contributed by atoms with E-state index < -0.39 is 43.1 Å². The minimum absolute atomic E-state index is 0.206. The van der Waals surface area contributed by atoms with Crippen LogP contribution < -0.4 is 10.4 Å². The first-order valence-corrected chi connectivity index (χ1v) is 15.0. The second-order valence-electron chi connectivity index (χ2n) is 12.8. The number of ether oxygens (including phenoxy) is 2. The monoisotopic (exact) mass is 526 g/mol. The molecule has 0 aromatic heterocycles. The third kappa shape index (κ3) is 4.92. The zero-order chi connectivity index (χ0) is 27.3. The Morgan fingerprint density at radius 1 is 0.946 bits per heavy atom. The summed E-state index contributed by atoms with van der Waals surface area (Å²) >= 11 is 0. The number of hydrogen-bond acceptors (Lipinski definition) is 6. The molecule has 4 rings (SSSR count). The molecule has 0 amide bonds. The van der Waals surface area contributed by atoms with Gasteiger partial charge in [-0.05, 0) is 48.5 Å². The second kappa shape index (κ2) is 9.61. The topological polar surface area (TPSA) is 85.2 Å². The molecule has 202 valence electrons. The third-order valence-electron chi connectivity index (χ3n) is 8.00. The van der Waals surface area contributed by atoms with Crippen LogP contribution in [0.1, 0.15) is 54.9 Å². The molecule has 2 aromatic carbocycles. The molecule has 2 aromatic rings. The Morgan fingerprint density at radius 2 is 1.46 bits per heavy atom. The summed E-state index contributed by atoms with van der Waals surface area (Å²) in [5.74, 6) is -0.716. The van der Waals surface area contributed by atoms with Gasteiger partial charge in [0.25, 0.3) is 8.32 Å². The van der Waals surface area contributed by atoms with E-state index >= 15 is 0 Å². The Hall–Kier alpha value is -2.03. The van der Waals surface area contributed by atoms with Crippen molar-refractivity contribution < 1.29 is 28.9 Å². The van der Waals surface area contributed by atoms with E-state index in [0.717, 1.165) is 0 Å². The second-order valence-corrected chi connectivity index (χ2v) is 17.1. The highest BCUT2D eigenvalue weighted by Crippen LogP contribution is 2.68. The highest BCUT2D eigenvalue weighted by Gasteiger charge is 2.78. The van der Waals surface area contributed by atoms with Crippen LogP contribution in [0, 0.1) is 11.3 Å². The van der Waals surface area contributed by atoms with Crippen molar-refractivity contribution in [2.24, 2.45) is 11.3 Å². The van der Waals surface area contributed by atoms with Gasteiger partial charge in [-0.1, -0.05) is 81.4 Å². The molecule has 37 heavy (non-hydrogen) atoms. The molecule has 2 N–H and O–H groups in total. The van der Waals surface area contributed by atoms with E-state index in [4.69, 9.17) is 13.9 Å². The van der Waals surface area contributed by atoms with Crippen molar-refractivity contribution >= 4 is 24.7 Å². The lowest BCUT2D eigenvalue weighted by atomic mass is 9.88. The Morgan fingerprint density at radius 3 is 1.89 bits per heavy atom. The zero-order valence-electron chi connectivity index (χ0n) is 23.2. The van der Waals surface area contributed by atoms with Crippen LogP contribution in [0.2, 0.25) is 5.04 Å². The van der Waals surface area contributed by atoms with E-state index in [1.54, 1.807) is 0 Å². The summed E-state index contributed by atoms with van der Waals surface area (Å²) in [4.78, 5) is 11.6. The van der Waals surface area contributed by atoms with Crippen LogP contribution in [-0.2, 0) is 18.7 Å². The number of aliphatic hydroxyl groups excluding tert-OH is 1. The predicted octanol–water partition coefficient (Wildman–Crippen LogP) is 3.42. The highest BCUT2D eigenvalue weighted by atomic mass is 28.4. The van der Waals surface area contributed by atoms with E-state index in [-0.39, 0.29) is 17.6 Å². The average molecular weight is 527 g/mol. The maximum absolute atomic E-state index is 11.7. The first-order chi connectivity index (χ1) is 17.2. The normalized spacial score (nSPS) is 29.6. The van der Waals surface area contributed by atoms with E-state index in [9.17, 15) is 15.0 Å². The summed E-state index contributed by atoms with van der Waals surface area (Å²) in [5, 5.41) is 25.1. The maximum atomic E-state index is 11.7. The minimum Gasteiger partial charge on any atom is -0.463 e. The van der Waals surface area contributed by atoms with Crippen LogP contribution in [0.25, 0.3) is 0 Å². The fourth-order valence-corrected chi connectivity index (χ4v) is 10.9. The van der Waals surface area contributed by atoms with E-state index in [1.165, 1.54) is 17.3 Å². The molecule has 5 atom stereocenters. The maximum Gasteiger partial charge on any atom is 0.302 e. The molecule has 0 unspecified atom stereocenters. The van der Waals surface area contributed by atoms with Gasteiger partial charge in [0.2, 0.25) is 0 Å². The van der Waals surface area contributed by atoms with Gasteiger partial charge in [0, 0.05) is 18.9 Å². The van der Waals surface area contributed by atoms with Crippen molar-refractivity contribution in [1.82, 2.24) is 0 Å². The lowest BCUT2D eigenvalue weighted by Crippen LogP contribution is -2.67. The summed E-state index contributed by atoms with van der Waals surface area (Å²) in [5.41, 5.74) is -2.89. The van der Waals surface area contributed by atoms with Gasteiger partial charge in [0.15, 0.2) is 5.60 Å². The molecular weight excluding hydrogens is 484 g/mol. The number of hydrogen-bond donors (Lipinski definition) is 2. The summed E-state index contributed by atoms with van der Waals surface area (Å²) < 4.78 is 18.9. The predicted molar refractivity (Wildman–Crippen MR) is 146 cm³/mol. The van der Waals surface area contributed by atoms with E-state index in [0.29, 0.717) is 13.0 Å². The van der Waals surface area contributed by atoms with Crippen LogP contribution in [0.4, 0.5) is 0 Å². The van der Waals surface area contributed by atoms with Crippen molar-refractivity contribution in [2.75, 3.05) is 13.2 Å². The molecule has 2 aliphatic carbocycles. The van der Waals surface area contributed by atoms with Gasteiger partial charge >= 0.3 is 5.97 Å².